The molecular weight excluding hydrogens is 350 g/mol. The largest absolute Gasteiger partial charge is 0.447 e. The number of rotatable bonds is 4. The number of esters is 1. The molecule has 140 valence electrons. The summed E-state index contributed by atoms with van der Waals surface area (Å²) in [5.74, 6) is -1.11. The Morgan fingerprint density at radius 2 is 1.29 bits per heavy atom. The van der Waals surface area contributed by atoms with Crippen molar-refractivity contribution in [1.82, 2.24) is 5.32 Å². The Morgan fingerprint density at radius 1 is 0.821 bits per heavy atom. The number of carbonyl (C=O) groups is 2. The number of hydrogen-bond acceptors (Lipinski definition) is 3. The van der Waals surface area contributed by atoms with E-state index in [2.05, 4.69) is 5.32 Å². The first-order chi connectivity index (χ1) is 13.6. The maximum absolute atomic E-state index is 13.0. The van der Waals surface area contributed by atoms with Crippen LogP contribution in [0.25, 0.3) is 0 Å². The summed E-state index contributed by atoms with van der Waals surface area (Å²) in [6.45, 7) is 1.42. The molecule has 4 nitrogen and oxygen atoms in total. The predicted molar refractivity (Wildman–Crippen MR) is 107 cm³/mol. The number of carbonyl (C=O) groups excluding carboxylic acids is 2. The van der Waals surface area contributed by atoms with Gasteiger partial charge in [-0.15, -0.1) is 0 Å². The molecule has 0 aromatic heterocycles. The van der Waals surface area contributed by atoms with Crippen molar-refractivity contribution in [3.05, 3.63) is 108 Å². The smallest absolute Gasteiger partial charge is 0.330 e. The lowest BCUT2D eigenvalue weighted by Crippen LogP contribution is -2.43. The lowest BCUT2D eigenvalue weighted by Gasteiger charge is -2.36. The maximum Gasteiger partial charge on any atom is 0.330 e. The molecule has 4 heteroatoms. The molecule has 1 N–H and O–H groups in total. The van der Waals surface area contributed by atoms with Crippen molar-refractivity contribution in [2.75, 3.05) is 0 Å². The summed E-state index contributed by atoms with van der Waals surface area (Å²) >= 11 is 0. The Kier molecular flexibility index (Phi) is 4.70. The summed E-state index contributed by atoms with van der Waals surface area (Å²) in [6, 6.07) is 28.4. The average Bonchev–Trinajstić information content (AvgIpc) is 3.02. The fourth-order valence-electron chi connectivity index (χ4n) is 4.12. The van der Waals surface area contributed by atoms with Gasteiger partial charge in [0.05, 0.1) is 5.92 Å². The highest BCUT2D eigenvalue weighted by molar-refractivity contribution is 5.87. The van der Waals surface area contributed by atoms with Gasteiger partial charge >= 0.3 is 5.97 Å². The van der Waals surface area contributed by atoms with Crippen LogP contribution in [0, 0.1) is 0 Å². The van der Waals surface area contributed by atoms with Gasteiger partial charge in [0, 0.05) is 18.1 Å². The SMILES string of the molecule is CC(=O)N[C@@H]1C(=O)OC(c2ccccc2)(c2ccccc2)[C@@H]1c1ccccc1. The zero-order valence-electron chi connectivity index (χ0n) is 15.5. The summed E-state index contributed by atoms with van der Waals surface area (Å²) in [7, 11) is 0. The Balaban J connectivity index is 2.00. The molecule has 0 saturated carbocycles. The van der Waals surface area contributed by atoms with Gasteiger partial charge in [0.2, 0.25) is 5.91 Å². The minimum Gasteiger partial charge on any atom is -0.447 e. The third kappa shape index (κ3) is 2.97. The van der Waals surface area contributed by atoms with Crippen molar-refractivity contribution >= 4 is 11.9 Å². The van der Waals surface area contributed by atoms with Crippen molar-refractivity contribution in [1.29, 1.82) is 0 Å². The molecule has 1 aliphatic rings. The molecule has 3 aromatic rings. The number of nitrogens with one attached hydrogen (secondary N) is 1. The molecule has 0 aliphatic carbocycles. The summed E-state index contributed by atoms with van der Waals surface area (Å²) in [5.41, 5.74) is 1.64. The molecule has 28 heavy (non-hydrogen) atoms. The second-order valence-electron chi connectivity index (χ2n) is 6.96. The van der Waals surface area contributed by atoms with Crippen LogP contribution in [0.3, 0.4) is 0 Å². The summed E-state index contributed by atoms with van der Waals surface area (Å²) in [4.78, 5) is 24.9. The number of ether oxygens (including phenoxy) is 1. The van der Waals surface area contributed by atoms with Gasteiger partial charge in [0.1, 0.15) is 6.04 Å². The molecule has 2 atom stereocenters. The first-order valence-electron chi connectivity index (χ1n) is 9.29. The first kappa shape index (κ1) is 18.0. The molecule has 1 heterocycles. The van der Waals surface area contributed by atoms with Crippen LogP contribution in [0.1, 0.15) is 29.5 Å². The van der Waals surface area contributed by atoms with Gasteiger partial charge in [-0.1, -0.05) is 91.0 Å². The van der Waals surface area contributed by atoms with Crippen molar-refractivity contribution in [2.24, 2.45) is 0 Å². The van der Waals surface area contributed by atoms with Gasteiger partial charge in [-0.3, -0.25) is 4.79 Å². The third-order valence-corrected chi connectivity index (χ3v) is 5.21. The van der Waals surface area contributed by atoms with E-state index < -0.39 is 23.5 Å². The highest BCUT2D eigenvalue weighted by atomic mass is 16.6. The van der Waals surface area contributed by atoms with E-state index in [1.54, 1.807) is 0 Å². The Bertz CT molecular complexity index is 931. The van der Waals surface area contributed by atoms with Gasteiger partial charge < -0.3 is 10.1 Å². The van der Waals surface area contributed by atoms with Gasteiger partial charge in [0.25, 0.3) is 0 Å². The van der Waals surface area contributed by atoms with Crippen LogP contribution in [-0.4, -0.2) is 17.9 Å². The summed E-state index contributed by atoms with van der Waals surface area (Å²) < 4.78 is 6.15. The van der Waals surface area contributed by atoms with E-state index in [0.717, 1.165) is 16.7 Å². The molecule has 3 aromatic carbocycles. The van der Waals surface area contributed by atoms with E-state index in [-0.39, 0.29) is 5.91 Å². The highest BCUT2D eigenvalue weighted by Gasteiger charge is 2.58. The van der Waals surface area contributed by atoms with E-state index in [9.17, 15) is 9.59 Å². The molecule has 0 spiro atoms. The molecule has 0 bridgehead atoms. The topological polar surface area (TPSA) is 55.4 Å². The Labute approximate surface area is 164 Å². The second kappa shape index (κ2) is 7.31. The van der Waals surface area contributed by atoms with Gasteiger partial charge in [0.15, 0.2) is 5.60 Å². The predicted octanol–water partition coefficient (Wildman–Crippen LogP) is 3.78. The molecule has 0 radical (unpaired) electrons. The van der Waals surface area contributed by atoms with Gasteiger partial charge in [-0.05, 0) is 5.56 Å². The van der Waals surface area contributed by atoms with Crippen LogP contribution in [0.5, 0.6) is 0 Å². The monoisotopic (exact) mass is 371 g/mol. The maximum atomic E-state index is 13.0. The minimum atomic E-state index is -1.03. The summed E-state index contributed by atoms with van der Waals surface area (Å²) in [6.07, 6.45) is 0. The van der Waals surface area contributed by atoms with Crippen LogP contribution in [-0.2, 0) is 19.9 Å². The molecular formula is C24H21NO3. The Morgan fingerprint density at radius 3 is 1.75 bits per heavy atom. The molecule has 0 unspecified atom stereocenters. The number of cyclic esters (lactones) is 1. The first-order valence-corrected chi connectivity index (χ1v) is 9.29. The van der Waals surface area contributed by atoms with E-state index in [0.29, 0.717) is 0 Å². The summed E-state index contributed by atoms with van der Waals surface area (Å²) in [5, 5.41) is 2.82. The minimum absolute atomic E-state index is 0.264. The fourth-order valence-corrected chi connectivity index (χ4v) is 4.12. The molecule has 1 aliphatic heterocycles. The standard InChI is InChI=1S/C24H21NO3/c1-17(26)25-22-21(18-11-5-2-6-12-18)24(28-23(22)27,19-13-7-3-8-14-19)20-15-9-4-10-16-20/h2-16,21-22H,1H3,(H,25,26)/t21-,22+/m1/s1. The lowest BCUT2D eigenvalue weighted by atomic mass is 9.71. The van der Waals surface area contributed by atoms with Crippen molar-refractivity contribution in [3.63, 3.8) is 0 Å². The van der Waals surface area contributed by atoms with E-state index in [4.69, 9.17) is 4.74 Å². The Hall–Kier alpha value is -3.40. The number of hydrogen-bond donors (Lipinski definition) is 1. The van der Waals surface area contributed by atoms with Crippen molar-refractivity contribution < 1.29 is 14.3 Å². The second-order valence-corrected chi connectivity index (χ2v) is 6.96. The third-order valence-electron chi connectivity index (χ3n) is 5.21. The number of benzene rings is 3. The molecule has 1 amide bonds. The lowest BCUT2D eigenvalue weighted by molar-refractivity contribution is -0.148. The van der Waals surface area contributed by atoms with Crippen molar-refractivity contribution in [2.45, 2.75) is 24.5 Å². The van der Waals surface area contributed by atoms with Gasteiger partial charge in [-0.2, -0.15) is 0 Å². The fraction of sp³-hybridized carbons (Fsp3) is 0.167. The van der Waals surface area contributed by atoms with Crippen LogP contribution < -0.4 is 5.32 Å². The van der Waals surface area contributed by atoms with Crippen LogP contribution >= 0.6 is 0 Å². The van der Waals surface area contributed by atoms with Crippen LogP contribution in [0.2, 0.25) is 0 Å². The van der Waals surface area contributed by atoms with Crippen LogP contribution in [0.15, 0.2) is 91.0 Å². The van der Waals surface area contributed by atoms with E-state index in [1.807, 2.05) is 91.0 Å². The van der Waals surface area contributed by atoms with E-state index in [1.165, 1.54) is 6.92 Å². The molecule has 1 saturated heterocycles. The van der Waals surface area contributed by atoms with E-state index >= 15 is 0 Å². The zero-order chi connectivity index (χ0) is 19.6. The average molecular weight is 371 g/mol. The van der Waals surface area contributed by atoms with Crippen molar-refractivity contribution in [3.8, 4) is 0 Å². The number of amides is 1. The highest BCUT2D eigenvalue weighted by Crippen LogP contribution is 2.52. The quantitative estimate of drug-likeness (QED) is 0.710. The zero-order valence-corrected chi connectivity index (χ0v) is 15.5. The normalized spacial score (nSPS) is 20.4. The van der Waals surface area contributed by atoms with Gasteiger partial charge in [-0.25, -0.2) is 4.79 Å². The van der Waals surface area contributed by atoms with Crippen LogP contribution in [0.4, 0.5) is 0 Å². The molecule has 4 rings (SSSR count). The molecule has 1 fully saturated rings.